The number of halogens is 1. The number of benzene rings is 3. The molecule has 22 heavy (non-hydrogen) atoms. The smallest absolute Gasteiger partial charge is 0.315 e. The van der Waals surface area contributed by atoms with E-state index < -0.39 is 16.4 Å². The summed E-state index contributed by atoms with van der Waals surface area (Å²) in [5.41, 5.74) is -0.396. The highest BCUT2D eigenvalue weighted by Crippen LogP contribution is 2.34. The molecule has 0 heterocycles. The first-order valence-electron chi connectivity index (χ1n) is 6.41. The Morgan fingerprint density at radius 2 is 1.82 bits per heavy atom. The van der Waals surface area contributed by atoms with Gasteiger partial charge in [0.2, 0.25) is 5.75 Å². The Morgan fingerprint density at radius 3 is 2.64 bits per heavy atom. The van der Waals surface area contributed by atoms with Gasteiger partial charge >= 0.3 is 5.69 Å². The lowest BCUT2D eigenvalue weighted by Gasteiger charge is -2.07. The quantitative estimate of drug-likeness (QED) is 0.387. The zero-order valence-corrected chi connectivity index (χ0v) is 12.0. The fourth-order valence-electron chi connectivity index (χ4n) is 2.06. The van der Waals surface area contributed by atoms with Crippen LogP contribution >= 0.6 is 12.0 Å². The van der Waals surface area contributed by atoms with Crippen molar-refractivity contribution in [3.8, 4) is 5.75 Å². The van der Waals surface area contributed by atoms with Crippen LogP contribution in [0, 0.1) is 15.9 Å². The van der Waals surface area contributed by atoms with Crippen molar-refractivity contribution in [1.82, 2.24) is 0 Å². The number of hydrogen-bond donors (Lipinski definition) is 0. The van der Waals surface area contributed by atoms with Gasteiger partial charge in [0.15, 0.2) is 0 Å². The molecule has 0 atom stereocenters. The third kappa shape index (κ3) is 2.87. The number of nitro benzene ring substituents is 1. The fraction of sp³-hybridized carbons (Fsp3) is 0. The normalized spacial score (nSPS) is 10.6. The van der Waals surface area contributed by atoms with Gasteiger partial charge in [-0.3, -0.25) is 10.1 Å². The molecule has 3 aromatic rings. The Labute approximate surface area is 129 Å². The van der Waals surface area contributed by atoms with E-state index in [1.807, 2.05) is 42.5 Å². The predicted octanol–water partition coefficient (Wildman–Crippen LogP) is 4.97. The Balaban J connectivity index is 1.90. The van der Waals surface area contributed by atoms with Crippen LogP contribution in [0.1, 0.15) is 0 Å². The monoisotopic (exact) mass is 315 g/mol. The molecule has 110 valence electrons. The average Bonchev–Trinajstić information content (AvgIpc) is 2.53. The van der Waals surface area contributed by atoms with Crippen molar-refractivity contribution in [2.45, 2.75) is 4.90 Å². The molecular formula is C16H10FNO3S. The maximum Gasteiger partial charge on any atom is 0.315 e. The van der Waals surface area contributed by atoms with Gasteiger partial charge in [0.1, 0.15) is 5.82 Å². The second-order valence-electron chi connectivity index (χ2n) is 4.51. The van der Waals surface area contributed by atoms with Crippen molar-refractivity contribution in [3.63, 3.8) is 0 Å². The van der Waals surface area contributed by atoms with Gasteiger partial charge in [0, 0.05) is 0 Å². The van der Waals surface area contributed by atoms with Gasteiger partial charge in [0.25, 0.3) is 0 Å². The lowest BCUT2D eigenvalue weighted by molar-refractivity contribution is -0.385. The van der Waals surface area contributed by atoms with Crippen LogP contribution in [0.25, 0.3) is 10.8 Å². The van der Waals surface area contributed by atoms with E-state index in [1.54, 1.807) is 0 Å². The van der Waals surface area contributed by atoms with E-state index in [0.717, 1.165) is 39.8 Å². The molecule has 0 radical (unpaired) electrons. The van der Waals surface area contributed by atoms with E-state index in [1.165, 1.54) is 6.07 Å². The summed E-state index contributed by atoms with van der Waals surface area (Å²) < 4.78 is 18.6. The Morgan fingerprint density at radius 1 is 1.05 bits per heavy atom. The van der Waals surface area contributed by atoms with E-state index in [-0.39, 0.29) is 5.75 Å². The van der Waals surface area contributed by atoms with Gasteiger partial charge in [0.05, 0.1) is 27.9 Å². The van der Waals surface area contributed by atoms with Crippen LogP contribution < -0.4 is 4.18 Å². The van der Waals surface area contributed by atoms with Crippen molar-refractivity contribution in [2.24, 2.45) is 0 Å². The Kier molecular flexibility index (Phi) is 3.93. The van der Waals surface area contributed by atoms with Crippen molar-refractivity contribution in [3.05, 3.63) is 76.6 Å². The zero-order chi connectivity index (χ0) is 15.5. The minimum absolute atomic E-state index is 0.0179. The van der Waals surface area contributed by atoms with Crippen molar-refractivity contribution < 1.29 is 13.5 Å². The summed E-state index contributed by atoms with van der Waals surface area (Å²) in [7, 11) is 0. The molecule has 0 aliphatic rings. The summed E-state index contributed by atoms with van der Waals surface area (Å²) in [5, 5.41) is 13.0. The molecule has 0 saturated carbocycles. The van der Waals surface area contributed by atoms with E-state index in [2.05, 4.69) is 0 Å². The Bertz CT molecular complexity index is 848. The van der Waals surface area contributed by atoms with Crippen molar-refractivity contribution in [1.29, 1.82) is 0 Å². The minimum Gasteiger partial charge on any atom is -0.413 e. The summed E-state index contributed by atoms with van der Waals surface area (Å²) >= 11 is 1.01. The largest absolute Gasteiger partial charge is 0.413 e. The third-order valence-electron chi connectivity index (χ3n) is 3.09. The highest BCUT2D eigenvalue weighted by atomic mass is 32.2. The van der Waals surface area contributed by atoms with Crippen LogP contribution in [-0.2, 0) is 0 Å². The fourth-order valence-corrected chi connectivity index (χ4v) is 2.79. The van der Waals surface area contributed by atoms with Crippen LogP contribution in [0.4, 0.5) is 10.1 Å². The topological polar surface area (TPSA) is 52.4 Å². The van der Waals surface area contributed by atoms with Crippen LogP contribution in [0.3, 0.4) is 0 Å². The van der Waals surface area contributed by atoms with Crippen molar-refractivity contribution >= 4 is 28.5 Å². The summed E-state index contributed by atoms with van der Waals surface area (Å²) in [6.45, 7) is 0. The second-order valence-corrected chi connectivity index (χ2v) is 5.29. The summed E-state index contributed by atoms with van der Waals surface area (Å²) in [6, 6.07) is 16.7. The maximum atomic E-state index is 13.1. The zero-order valence-electron chi connectivity index (χ0n) is 11.2. The molecule has 0 fully saturated rings. The molecule has 0 aromatic heterocycles. The molecule has 0 saturated heterocycles. The molecule has 6 heteroatoms. The number of hydrogen-bond acceptors (Lipinski definition) is 4. The van der Waals surface area contributed by atoms with Crippen LogP contribution in [0.5, 0.6) is 5.75 Å². The van der Waals surface area contributed by atoms with Gasteiger partial charge in [-0.1, -0.05) is 36.4 Å². The SMILES string of the molecule is O=[N+]([O-])c1cc(F)ccc1OSc1cccc2ccccc12. The van der Waals surface area contributed by atoms with E-state index in [9.17, 15) is 14.5 Å². The average molecular weight is 315 g/mol. The third-order valence-corrected chi connectivity index (χ3v) is 3.89. The molecular weight excluding hydrogens is 305 g/mol. The molecule has 0 unspecified atom stereocenters. The van der Waals surface area contributed by atoms with Gasteiger partial charge in [-0.2, -0.15) is 0 Å². The second kappa shape index (κ2) is 6.03. The molecule has 0 amide bonds. The molecule has 0 aliphatic heterocycles. The van der Waals surface area contributed by atoms with Crippen molar-refractivity contribution in [2.75, 3.05) is 0 Å². The molecule has 0 bridgehead atoms. The first-order chi connectivity index (χ1) is 10.6. The van der Waals surface area contributed by atoms with Gasteiger partial charge in [-0.15, -0.1) is 0 Å². The molecule has 0 N–H and O–H groups in total. The predicted molar refractivity (Wildman–Crippen MR) is 83.5 cm³/mol. The summed E-state index contributed by atoms with van der Waals surface area (Å²) in [5.74, 6) is -0.654. The molecule has 3 aromatic carbocycles. The van der Waals surface area contributed by atoms with Crippen LogP contribution in [0.15, 0.2) is 65.6 Å². The van der Waals surface area contributed by atoms with Gasteiger partial charge < -0.3 is 4.18 Å². The lowest BCUT2D eigenvalue weighted by atomic mass is 10.1. The Hall–Kier alpha value is -2.60. The van der Waals surface area contributed by atoms with E-state index in [0.29, 0.717) is 0 Å². The highest BCUT2D eigenvalue weighted by molar-refractivity contribution is 7.95. The number of nitro groups is 1. The number of nitrogens with zero attached hydrogens (tertiary/aromatic N) is 1. The lowest BCUT2D eigenvalue weighted by Crippen LogP contribution is -1.93. The number of rotatable bonds is 4. The summed E-state index contributed by atoms with van der Waals surface area (Å²) in [6.07, 6.45) is 0. The van der Waals surface area contributed by atoms with Crippen LogP contribution in [0.2, 0.25) is 0 Å². The molecule has 3 rings (SSSR count). The van der Waals surface area contributed by atoms with Crippen LogP contribution in [-0.4, -0.2) is 4.92 Å². The maximum absolute atomic E-state index is 13.1. The minimum atomic E-state index is -0.672. The van der Waals surface area contributed by atoms with E-state index >= 15 is 0 Å². The molecule has 4 nitrogen and oxygen atoms in total. The van der Waals surface area contributed by atoms with Gasteiger partial charge in [-0.05, 0) is 29.0 Å². The highest BCUT2D eigenvalue weighted by Gasteiger charge is 2.17. The first-order valence-corrected chi connectivity index (χ1v) is 7.15. The molecule has 0 spiro atoms. The molecule has 0 aliphatic carbocycles. The summed E-state index contributed by atoms with van der Waals surface area (Å²) in [4.78, 5) is 11.1. The first kappa shape index (κ1) is 14.3. The number of fused-ring (bicyclic) bond motifs is 1. The van der Waals surface area contributed by atoms with Gasteiger partial charge in [-0.25, -0.2) is 4.39 Å². The standard InChI is InChI=1S/C16H10FNO3S/c17-12-8-9-15(14(10-12)18(19)20)21-22-16-7-3-5-11-4-1-2-6-13(11)16/h1-10H. The van der Waals surface area contributed by atoms with E-state index in [4.69, 9.17) is 4.18 Å².